The van der Waals surface area contributed by atoms with Crippen LogP contribution in [0.2, 0.25) is 0 Å². The second-order valence-electron chi connectivity index (χ2n) is 11.5. The summed E-state index contributed by atoms with van der Waals surface area (Å²) >= 11 is 0. The van der Waals surface area contributed by atoms with E-state index in [1.165, 1.54) is 0 Å². The van der Waals surface area contributed by atoms with Crippen LogP contribution in [-0.2, 0) is 4.79 Å². The third-order valence-corrected chi connectivity index (χ3v) is 10.4. The summed E-state index contributed by atoms with van der Waals surface area (Å²) in [4.78, 5) is 11.3. The molecule has 0 aromatic heterocycles. The molecule has 11 atom stereocenters. The molecule has 1 amide bonds. The second-order valence-corrected chi connectivity index (χ2v) is 11.5. The lowest BCUT2D eigenvalue weighted by Crippen LogP contribution is -2.62. The van der Waals surface area contributed by atoms with Crippen molar-refractivity contribution in [2.75, 3.05) is 0 Å². The Bertz CT molecular complexity index is 640. The number of carbonyl (C=O) groups excluding carboxylic acids is 1. The van der Waals surface area contributed by atoms with Crippen LogP contribution >= 0.6 is 0 Å². The highest BCUT2D eigenvalue weighted by molar-refractivity contribution is 5.73. The van der Waals surface area contributed by atoms with Crippen LogP contribution in [0.25, 0.3) is 0 Å². The molecule has 0 heterocycles. The normalized spacial score (nSPS) is 52.9. The van der Waals surface area contributed by atoms with Crippen LogP contribution in [0.5, 0.6) is 0 Å². The summed E-state index contributed by atoms with van der Waals surface area (Å²) in [5.41, 5.74) is 5.30. The van der Waals surface area contributed by atoms with Crippen LogP contribution in [0.15, 0.2) is 0 Å². The highest BCUT2D eigenvalue weighted by Gasteiger charge is 2.65. The molecule has 0 radical (unpaired) electrons. The summed E-state index contributed by atoms with van der Waals surface area (Å²) < 4.78 is 0. The number of fused-ring (bicyclic) bond motifs is 5. The summed E-state index contributed by atoms with van der Waals surface area (Å²) in [7, 11) is 0. The number of rotatable bonds is 4. The van der Waals surface area contributed by atoms with Crippen molar-refractivity contribution >= 4 is 5.91 Å². The third-order valence-electron chi connectivity index (χ3n) is 10.4. The molecule has 4 rings (SSSR count). The summed E-state index contributed by atoms with van der Waals surface area (Å²) in [6.07, 6.45) is 6.56. The van der Waals surface area contributed by atoms with Gasteiger partial charge in [0.1, 0.15) is 0 Å². The minimum Gasteiger partial charge on any atom is -0.393 e. The SMILES string of the molecule is C[C@H](CCC(N)=O)[C@H]1CCC2[C@@H]3[C@H](O)C[C@@H]4C[C@H](O)CC[C@]4(C)[C@H]3C[C@H](O)[C@@]21C. The first-order valence-electron chi connectivity index (χ1n) is 11.9. The maximum Gasteiger partial charge on any atom is 0.217 e. The van der Waals surface area contributed by atoms with Gasteiger partial charge < -0.3 is 21.1 Å². The summed E-state index contributed by atoms with van der Waals surface area (Å²) in [6, 6.07) is 0. The first kappa shape index (κ1) is 21.6. The molecular formula is C24H41NO4. The maximum absolute atomic E-state index is 11.5. The Balaban J connectivity index is 1.61. The number of amides is 1. The topological polar surface area (TPSA) is 104 Å². The Morgan fingerprint density at radius 1 is 1.07 bits per heavy atom. The van der Waals surface area contributed by atoms with Gasteiger partial charge in [0.25, 0.3) is 0 Å². The molecule has 5 N–H and O–H groups in total. The number of hydrogen-bond acceptors (Lipinski definition) is 4. The van der Waals surface area contributed by atoms with Gasteiger partial charge in [0, 0.05) is 6.42 Å². The molecule has 0 bridgehead atoms. The van der Waals surface area contributed by atoms with Crippen molar-refractivity contribution in [3.63, 3.8) is 0 Å². The molecule has 4 aliphatic carbocycles. The predicted octanol–water partition coefficient (Wildman–Crippen LogP) is 2.85. The zero-order chi connectivity index (χ0) is 21.1. The number of primary amides is 1. The monoisotopic (exact) mass is 407 g/mol. The Labute approximate surface area is 175 Å². The summed E-state index contributed by atoms with van der Waals surface area (Å²) in [5, 5.41) is 33.0. The van der Waals surface area contributed by atoms with E-state index in [1.54, 1.807) is 0 Å². The third kappa shape index (κ3) is 3.27. The van der Waals surface area contributed by atoms with E-state index < -0.39 is 0 Å². The van der Waals surface area contributed by atoms with Gasteiger partial charge in [0.2, 0.25) is 5.91 Å². The van der Waals surface area contributed by atoms with Gasteiger partial charge in [-0.05, 0) is 97.7 Å². The standard InChI is InChI=1S/C24H41NO4/c1-13(4-7-21(25)29)16-5-6-17-22-18(12-20(28)24(16,17)3)23(2)9-8-15(26)10-14(23)11-19(22)27/h13-20,22,26-28H,4-12H2,1-3H3,(H2,25,29)/t13-,14+,15-,16-,17?,18+,19-,20+,22+,23+,24-/m1/s1. The lowest BCUT2D eigenvalue weighted by molar-refractivity contribution is -0.207. The smallest absolute Gasteiger partial charge is 0.217 e. The molecule has 0 aliphatic heterocycles. The quantitative estimate of drug-likeness (QED) is 0.575. The van der Waals surface area contributed by atoms with Crippen molar-refractivity contribution in [1.82, 2.24) is 0 Å². The Morgan fingerprint density at radius 2 is 1.79 bits per heavy atom. The van der Waals surface area contributed by atoms with E-state index in [4.69, 9.17) is 5.73 Å². The maximum atomic E-state index is 11.5. The summed E-state index contributed by atoms with van der Waals surface area (Å²) in [5.74, 6) is 1.72. The molecule has 166 valence electrons. The minimum atomic E-state index is -0.369. The van der Waals surface area contributed by atoms with E-state index >= 15 is 0 Å². The molecule has 4 aliphatic rings. The van der Waals surface area contributed by atoms with Crippen molar-refractivity contribution in [3.8, 4) is 0 Å². The largest absolute Gasteiger partial charge is 0.393 e. The van der Waals surface area contributed by atoms with Gasteiger partial charge in [0.05, 0.1) is 18.3 Å². The Hall–Kier alpha value is -0.650. The van der Waals surface area contributed by atoms with Crippen molar-refractivity contribution < 1.29 is 20.1 Å². The average molecular weight is 408 g/mol. The van der Waals surface area contributed by atoms with Gasteiger partial charge in [-0.1, -0.05) is 20.8 Å². The molecule has 5 heteroatoms. The van der Waals surface area contributed by atoms with Gasteiger partial charge in [-0.2, -0.15) is 0 Å². The first-order valence-corrected chi connectivity index (χ1v) is 11.9. The fourth-order valence-electron chi connectivity index (χ4n) is 8.70. The Morgan fingerprint density at radius 3 is 2.48 bits per heavy atom. The van der Waals surface area contributed by atoms with Crippen LogP contribution in [-0.4, -0.2) is 39.5 Å². The van der Waals surface area contributed by atoms with E-state index in [-0.39, 0.29) is 41.0 Å². The minimum absolute atomic E-state index is 0.112. The molecule has 0 aromatic rings. The van der Waals surface area contributed by atoms with Gasteiger partial charge in [-0.25, -0.2) is 0 Å². The highest BCUT2D eigenvalue weighted by atomic mass is 16.3. The van der Waals surface area contributed by atoms with Crippen molar-refractivity contribution in [2.24, 2.45) is 52.1 Å². The van der Waals surface area contributed by atoms with Gasteiger partial charge in [0.15, 0.2) is 0 Å². The zero-order valence-corrected chi connectivity index (χ0v) is 18.4. The number of aliphatic hydroxyl groups excluding tert-OH is 3. The van der Waals surface area contributed by atoms with E-state index in [9.17, 15) is 20.1 Å². The van der Waals surface area contributed by atoms with Crippen molar-refractivity contribution in [3.05, 3.63) is 0 Å². The van der Waals surface area contributed by atoms with Crippen LogP contribution in [0.4, 0.5) is 0 Å². The molecule has 0 spiro atoms. The van der Waals surface area contributed by atoms with Gasteiger partial charge in [-0.15, -0.1) is 0 Å². The number of aliphatic hydroxyl groups is 3. The van der Waals surface area contributed by atoms with Gasteiger partial charge in [-0.3, -0.25) is 4.79 Å². The van der Waals surface area contributed by atoms with E-state index in [2.05, 4.69) is 20.8 Å². The predicted molar refractivity (Wildman–Crippen MR) is 112 cm³/mol. The molecular weight excluding hydrogens is 366 g/mol. The molecule has 5 nitrogen and oxygen atoms in total. The molecule has 29 heavy (non-hydrogen) atoms. The average Bonchev–Trinajstić information content (AvgIpc) is 3.01. The van der Waals surface area contributed by atoms with Crippen LogP contribution in [0.1, 0.15) is 78.6 Å². The van der Waals surface area contributed by atoms with E-state index in [1.807, 2.05) is 0 Å². The van der Waals surface area contributed by atoms with Crippen molar-refractivity contribution in [2.45, 2.75) is 96.9 Å². The number of carbonyl (C=O) groups is 1. The van der Waals surface area contributed by atoms with Crippen LogP contribution in [0.3, 0.4) is 0 Å². The van der Waals surface area contributed by atoms with E-state index in [0.29, 0.717) is 36.0 Å². The lowest BCUT2D eigenvalue weighted by atomic mass is 9.43. The molecule has 0 saturated heterocycles. The van der Waals surface area contributed by atoms with Crippen molar-refractivity contribution in [1.29, 1.82) is 0 Å². The van der Waals surface area contributed by atoms with E-state index in [0.717, 1.165) is 51.4 Å². The Kier molecular flexibility index (Phi) is 5.57. The molecule has 4 fully saturated rings. The van der Waals surface area contributed by atoms with Crippen LogP contribution in [0, 0.1) is 46.3 Å². The zero-order valence-electron chi connectivity index (χ0n) is 18.4. The number of nitrogens with two attached hydrogens (primary N) is 1. The van der Waals surface area contributed by atoms with Gasteiger partial charge >= 0.3 is 0 Å². The fraction of sp³-hybridized carbons (Fsp3) is 0.958. The molecule has 1 unspecified atom stereocenters. The molecule has 4 saturated carbocycles. The number of hydrogen-bond donors (Lipinski definition) is 4. The summed E-state index contributed by atoms with van der Waals surface area (Å²) in [6.45, 7) is 6.82. The lowest BCUT2D eigenvalue weighted by Gasteiger charge is -2.63. The second kappa shape index (κ2) is 7.49. The highest BCUT2D eigenvalue weighted by Crippen LogP contribution is 2.68. The fourth-order valence-corrected chi connectivity index (χ4v) is 8.70. The first-order chi connectivity index (χ1) is 13.6. The molecule has 0 aromatic carbocycles. The van der Waals surface area contributed by atoms with Crippen LogP contribution < -0.4 is 5.73 Å².